The molecule has 18 heavy (non-hydrogen) atoms. The zero-order valence-corrected chi connectivity index (χ0v) is 11.3. The molecule has 0 saturated heterocycles. The Morgan fingerprint density at radius 3 is 2.44 bits per heavy atom. The average molecular weight is 252 g/mol. The number of rotatable bonds is 6. The highest BCUT2D eigenvalue weighted by molar-refractivity contribution is 5.61. The second kappa shape index (κ2) is 5.66. The van der Waals surface area contributed by atoms with E-state index in [1.807, 2.05) is 20.8 Å². The van der Waals surface area contributed by atoms with Crippen molar-refractivity contribution in [1.82, 2.24) is 4.98 Å². The molecular formula is C12H20N4O2. The van der Waals surface area contributed by atoms with Crippen molar-refractivity contribution >= 4 is 17.3 Å². The fourth-order valence-corrected chi connectivity index (χ4v) is 1.54. The molecule has 0 saturated carbocycles. The summed E-state index contributed by atoms with van der Waals surface area (Å²) in [5, 5.41) is 17.1. The maximum absolute atomic E-state index is 11.0. The van der Waals surface area contributed by atoms with Gasteiger partial charge in [0.05, 0.1) is 4.92 Å². The van der Waals surface area contributed by atoms with Crippen LogP contribution in [-0.2, 0) is 0 Å². The predicted octanol–water partition coefficient (Wildman–Crippen LogP) is 3.02. The van der Waals surface area contributed by atoms with Gasteiger partial charge in [-0.25, -0.2) is 4.98 Å². The molecule has 0 spiro atoms. The number of pyridine rings is 1. The minimum absolute atomic E-state index is 0.00197. The predicted molar refractivity (Wildman–Crippen MR) is 73.0 cm³/mol. The molecule has 0 aliphatic rings. The number of hydrogen-bond donors (Lipinski definition) is 2. The van der Waals surface area contributed by atoms with Gasteiger partial charge in [-0.3, -0.25) is 10.1 Å². The summed E-state index contributed by atoms with van der Waals surface area (Å²) in [7, 11) is 1.73. The van der Waals surface area contributed by atoms with Gasteiger partial charge in [-0.05, 0) is 25.8 Å². The molecule has 0 atom stereocenters. The van der Waals surface area contributed by atoms with Crippen molar-refractivity contribution in [2.45, 2.75) is 39.2 Å². The Hall–Kier alpha value is -1.85. The molecule has 6 nitrogen and oxygen atoms in total. The van der Waals surface area contributed by atoms with E-state index in [1.54, 1.807) is 13.1 Å². The number of nitro groups is 1. The molecule has 1 aromatic heterocycles. The maximum atomic E-state index is 11.0. The molecule has 6 heteroatoms. The highest BCUT2D eigenvalue weighted by atomic mass is 16.6. The third-order valence-electron chi connectivity index (χ3n) is 3.31. The van der Waals surface area contributed by atoms with E-state index < -0.39 is 4.92 Å². The van der Waals surface area contributed by atoms with Gasteiger partial charge >= 0.3 is 5.69 Å². The van der Waals surface area contributed by atoms with Gasteiger partial charge in [0.2, 0.25) is 5.82 Å². The van der Waals surface area contributed by atoms with Crippen LogP contribution in [0.3, 0.4) is 0 Å². The van der Waals surface area contributed by atoms with E-state index in [1.165, 1.54) is 6.07 Å². The Kier molecular flexibility index (Phi) is 4.47. The summed E-state index contributed by atoms with van der Waals surface area (Å²) in [5.41, 5.74) is -0.188. The minimum Gasteiger partial charge on any atom is -0.373 e. The minimum atomic E-state index is -0.416. The fraction of sp³-hybridized carbons (Fsp3) is 0.583. The van der Waals surface area contributed by atoms with Gasteiger partial charge in [0, 0.05) is 18.7 Å². The van der Waals surface area contributed by atoms with Crippen LogP contribution in [0.5, 0.6) is 0 Å². The SMILES string of the molecule is CCC(C)(CC)Nc1nc(NC)ccc1[N+](=O)[O-]. The van der Waals surface area contributed by atoms with Gasteiger partial charge in [0.1, 0.15) is 5.82 Å². The Morgan fingerprint density at radius 2 is 2.00 bits per heavy atom. The average Bonchev–Trinajstić information content (AvgIpc) is 2.38. The van der Waals surface area contributed by atoms with Gasteiger partial charge in [0.25, 0.3) is 0 Å². The lowest BCUT2D eigenvalue weighted by atomic mass is 9.95. The van der Waals surface area contributed by atoms with Crippen molar-refractivity contribution in [2.24, 2.45) is 0 Å². The van der Waals surface area contributed by atoms with Crippen LogP contribution >= 0.6 is 0 Å². The first kappa shape index (κ1) is 14.2. The summed E-state index contributed by atoms with van der Waals surface area (Å²) >= 11 is 0. The van der Waals surface area contributed by atoms with Gasteiger partial charge in [-0.15, -0.1) is 0 Å². The Balaban J connectivity index is 3.15. The van der Waals surface area contributed by atoms with Crippen molar-refractivity contribution in [3.63, 3.8) is 0 Å². The number of aromatic nitrogens is 1. The standard InChI is InChI=1S/C12H20N4O2/c1-5-12(3,6-2)15-11-9(16(17)18)7-8-10(13-4)14-11/h7-8H,5-6H2,1-4H3,(H2,13,14,15). The second-order valence-electron chi connectivity index (χ2n) is 4.46. The second-order valence-corrected chi connectivity index (χ2v) is 4.46. The lowest BCUT2D eigenvalue weighted by molar-refractivity contribution is -0.384. The van der Waals surface area contributed by atoms with Gasteiger partial charge < -0.3 is 10.6 Å². The number of hydrogen-bond acceptors (Lipinski definition) is 5. The number of nitrogens with one attached hydrogen (secondary N) is 2. The number of anilines is 2. The molecule has 1 rings (SSSR count). The third-order valence-corrected chi connectivity index (χ3v) is 3.31. The van der Waals surface area contributed by atoms with Crippen LogP contribution in [0, 0.1) is 10.1 Å². The molecule has 1 aromatic rings. The van der Waals surface area contributed by atoms with Crippen molar-refractivity contribution in [3.8, 4) is 0 Å². The summed E-state index contributed by atoms with van der Waals surface area (Å²) in [4.78, 5) is 14.8. The van der Waals surface area contributed by atoms with E-state index in [2.05, 4.69) is 15.6 Å². The lowest BCUT2D eigenvalue weighted by Crippen LogP contribution is -2.33. The van der Waals surface area contributed by atoms with Crippen molar-refractivity contribution < 1.29 is 4.92 Å². The Morgan fingerprint density at radius 1 is 1.39 bits per heavy atom. The lowest BCUT2D eigenvalue weighted by Gasteiger charge is -2.28. The van der Waals surface area contributed by atoms with E-state index in [9.17, 15) is 10.1 Å². The molecule has 0 radical (unpaired) electrons. The largest absolute Gasteiger partial charge is 0.373 e. The van der Waals surface area contributed by atoms with Gasteiger partial charge in [0.15, 0.2) is 0 Å². The summed E-state index contributed by atoms with van der Waals surface area (Å²) in [5.74, 6) is 0.927. The summed E-state index contributed by atoms with van der Waals surface area (Å²) in [6.07, 6.45) is 1.73. The first-order chi connectivity index (χ1) is 8.45. The van der Waals surface area contributed by atoms with Crippen molar-refractivity contribution in [3.05, 3.63) is 22.2 Å². The first-order valence-electron chi connectivity index (χ1n) is 6.07. The topological polar surface area (TPSA) is 80.1 Å². The molecule has 0 amide bonds. The zero-order chi connectivity index (χ0) is 13.8. The normalized spacial score (nSPS) is 11.1. The highest BCUT2D eigenvalue weighted by Crippen LogP contribution is 2.29. The van der Waals surface area contributed by atoms with Crippen LogP contribution in [0.4, 0.5) is 17.3 Å². The summed E-state index contributed by atoms with van der Waals surface area (Å²) in [6.45, 7) is 6.12. The maximum Gasteiger partial charge on any atom is 0.311 e. The van der Waals surface area contributed by atoms with Crippen molar-refractivity contribution in [2.75, 3.05) is 17.7 Å². The van der Waals surface area contributed by atoms with E-state index in [0.717, 1.165) is 12.8 Å². The molecule has 0 aromatic carbocycles. The summed E-state index contributed by atoms with van der Waals surface area (Å²) < 4.78 is 0. The summed E-state index contributed by atoms with van der Waals surface area (Å²) in [6, 6.07) is 3.06. The molecule has 1 heterocycles. The van der Waals surface area contributed by atoms with Crippen LogP contribution in [0.2, 0.25) is 0 Å². The van der Waals surface area contributed by atoms with Gasteiger partial charge in [-0.1, -0.05) is 13.8 Å². The van der Waals surface area contributed by atoms with Crippen LogP contribution in [0.15, 0.2) is 12.1 Å². The number of nitrogens with zero attached hydrogens (tertiary/aromatic N) is 2. The highest BCUT2D eigenvalue weighted by Gasteiger charge is 2.25. The zero-order valence-electron chi connectivity index (χ0n) is 11.3. The van der Waals surface area contributed by atoms with Crippen LogP contribution in [0.1, 0.15) is 33.6 Å². The molecule has 0 aliphatic carbocycles. The van der Waals surface area contributed by atoms with E-state index in [4.69, 9.17) is 0 Å². The monoisotopic (exact) mass is 252 g/mol. The van der Waals surface area contributed by atoms with Crippen LogP contribution < -0.4 is 10.6 Å². The molecule has 100 valence electrons. The van der Waals surface area contributed by atoms with E-state index >= 15 is 0 Å². The molecule has 0 unspecified atom stereocenters. The molecule has 0 fully saturated rings. The Bertz CT molecular complexity index is 430. The van der Waals surface area contributed by atoms with E-state index in [-0.39, 0.29) is 11.2 Å². The molecule has 2 N–H and O–H groups in total. The first-order valence-corrected chi connectivity index (χ1v) is 6.07. The smallest absolute Gasteiger partial charge is 0.311 e. The fourth-order valence-electron chi connectivity index (χ4n) is 1.54. The quantitative estimate of drug-likeness (QED) is 0.601. The Labute approximate surface area is 107 Å². The van der Waals surface area contributed by atoms with Crippen molar-refractivity contribution in [1.29, 1.82) is 0 Å². The van der Waals surface area contributed by atoms with Gasteiger partial charge in [-0.2, -0.15) is 0 Å². The van der Waals surface area contributed by atoms with Crippen LogP contribution in [-0.4, -0.2) is 22.5 Å². The van der Waals surface area contributed by atoms with E-state index in [0.29, 0.717) is 11.6 Å². The molecular weight excluding hydrogens is 232 g/mol. The van der Waals surface area contributed by atoms with Crippen LogP contribution in [0.25, 0.3) is 0 Å². The molecule has 0 aliphatic heterocycles. The third kappa shape index (κ3) is 3.09. The molecule has 0 bridgehead atoms.